The van der Waals surface area contributed by atoms with Crippen LogP contribution in [0, 0.1) is 0 Å². The van der Waals surface area contributed by atoms with Gasteiger partial charge in [0.05, 0.1) is 0 Å². The van der Waals surface area contributed by atoms with E-state index in [0.717, 1.165) is 23.7 Å². The van der Waals surface area contributed by atoms with Crippen LogP contribution in [0.2, 0.25) is 5.02 Å². The predicted octanol–water partition coefficient (Wildman–Crippen LogP) is 3.93. The standard InChI is InChI=1S/C15H19ClN2S/c1-11(17)7-13-3-4-14(16)8-15(13)18(2)9-12-5-6-19-10-12/h3-6,8,10-11H,7,9,17H2,1-2H3. The maximum absolute atomic E-state index is 6.12. The summed E-state index contributed by atoms with van der Waals surface area (Å²) < 4.78 is 0. The molecule has 2 N–H and O–H groups in total. The molecule has 2 aromatic rings. The fourth-order valence-electron chi connectivity index (χ4n) is 2.15. The number of hydrogen-bond acceptors (Lipinski definition) is 3. The molecule has 0 aliphatic heterocycles. The Kier molecular flexibility index (Phi) is 4.86. The first-order valence-electron chi connectivity index (χ1n) is 6.32. The normalized spacial score (nSPS) is 12.4. The SMILES string of the molecule is CC(N)Cc1ccc(Cl)cc1N(C)Cc1ccsc1. The number of rotatable bonds is 5. The first-order valence-corrected chi connectivity index (χ1v) is 7.64. The van der Waals surface area contributed by atoms with E-state index in [0.29, 0.717) is 0 Å². The largest absolute Gasteiger partial charge is 0.370 e. The van der Waals surface area contributed by atoms with Crippen LogP contribution >= 0.6 is 22.9 Å². The Morgan fingerprint density at radius 2 is 2.16 bits per heavy atom. The van der Waals surface area contributed by atoms with Crippen molar-refractivity contribution in [2.24, 2.45) is 5.73 Å². The van der Waals surface area contributed by atoms with Crippen LogP contribution in [0.15, 0.2) is 35.0 Å². The van der Waals surface area contributed by atoms with E-state index >= 15 is 0 Å². The van der Waals surface area contributed by atoms with Crippen molar-refractivity contribution in [2.45, 2.75) is 25.9 Å². The van der Waals surface area contributed by atoms with E-state index in [1.54, 1.807) is 11.3 Å². The molecule has 1 heterocycles. The molecule has 0 aliphatic carbocycles. The lowest BCUT2D eigenvalue weighted by Gasteiger charge is -2.23. The molecule has 2 rings (SSSR count). The maximum atomic E-state index is 6.12. The molecule has 0 bridgehead atoms. The molecule has 2 nitrogen and oxygen atoms in total. The second-order valence-corrected chi connectivity index (χ2v) is 6.16. The number of halogens is 1. The minimum atomic E-state index is 0.148. The molecule has 0 spiro atoms. The van der Waals surface area contributed by atoms with Crippen LogP contribution in [-0.2, 0) is 13.0 Å². The third-order valence-corrected chi connectivity index (χ3v) is 3.97. The Morgan fingerprint density at radius 3 is 2.79 bits per heavy atom. The molecule has 1 atom stereocenters. The molecule has 1 unspecified atom stereocenters. The highest BCUT2D eigenvalue weighted by molar-refractivity contribution is 7.07. The molecular formula is C15H19ClN2S. The number of benzene rings is 1. The van der Waals surface area contributed by atoms with Gasteiger partial charge in [0.2, 0.25) is 0 Å². The zero-order valence-corrected chi connectivity index (χ0v) is 12.8. The van der Waals surface area contributed by atoms with Crippen LogP contribution in [-0.4, -0.2) is 13.1 Å². The van der Waals surface area contributed by atoms with Crippen LogP contribution in [0.5, 0.6) is 0 Å². The second kappa shape index (κ2) is 6.42. The predicted molar refractivity (Wildman–Crippen MR) is 85.2 cm³/mol. The van der Waals surface area contributed by atoms with Crippen molar-refractivity contribution in [2.75, 3.05) is 11.9 Å². The van der Waals surface area contributed by atoms with Crippen LogP contribution in [0.4, 0.5) is 5.69 Å². The van der Waals surface area contributed by atoms with Crippen LogP contribution in [0.25, 0.3) is 0 Å². The summed E-state index contributed by atoms with van der Waals surface area (Å²) in [6, 6.07) is 8.32. The van der Waals surface area contributed by atoms with Crippen LogP contribution in [0.3, 0.4) is 0 Å². The van der Waals surface area contributed by atoms with Gasteiger partial charge < -0.3 is 10.6 Å². The highest BCUT2D eigenvalue weighted by Crippen LogP contribution is 2.26. The fourth-order valence-corrected chi connectivity index (χ4v) is 2.98. The highest BCUT2D eigenvalue weighted by Gasteiger charge is 2.10. The van der Waals surface area contributed by atoms with E-state index in [1.165, 1.54) is 11.1 Å². The molecule has 0 saturated heterocycles. The second-order valence-electron chi connectivity index (χ2n) is 4.94. The van der Waals surface area contributed by atoms with Gasteiger partial charge >= 0.3 is 0 Å². The van der Waals surface area contributed by atoms with Crippen molar-refractivity contribution in [1.82, 2.24) is 0 Å². The fraction of sp³-hybridized carbons (Fsp3) is 0.333. The van der Waals surface area contributed by atoms with E-state index in [2.05, 4.69) is 34.8 Å². The third-order valence-electron chi connectivity index (χ3n) is 3.00. The number of nitrogens with two attached hydrogens (primary N) is 1. The molecule has 0 saturated carbocycles. The van der Waals surface area contributed by atoms with E-state index in [4.69, 9.17) is 17.3 Å². The molecular weight excluding hydrogens is 276 g/mol. The van der Waals surface area contributed by atoms with Gasteiger partial charge in [-0.25, -0.2) is 0 Å². The van der Waals surface area contributed by atoms with Crippen molar-refractivity contribution in [3.63, 3.8) is 0 Å². The number of anilines is 1. The van der Waals surface area contributed by atoms with Gasteiger partial charge in [0, 0.05) is 30.3 Å². The third kappa shape index (κ3) is 3.96. The lowest BCUT2D eigenvalue weighted by atomic mass is 10.0. The Balaban J connectivity index is 2.23. The van der Waals surface area contributed by atoms with Crippen LogP contribution < -0.4 is 10.6 Å². The quantitative estimate of drug-likeness (QED) is 0.905. The van der Waals surface area contributed by atoms with Crippen molar-refractivity contribution < 1.29 is 0 Å². The van der Waals surface area contributed by atoms with Gasteiger partial charge in [-0.15, -0.1) is 0 Å². The Bertz CT molecular complexity index is 523. The smallest absolute Gasteiger partial charge is 0.0434 e. The monoisotopic (exact) mass is 294 g/mol. The molecule has 4 heteroatoms. The molecule has 0 amide bonds. The molecule has 1 aromatic heterocycles. The summed E-state index contributed by atoms with van der Waals surface area (Å²) in [4.78, 5) is 2.23. The first kappa shape index (κ1) is 14.4. The van der Waals surface area contributed by atoms with E-state index in [-0.39, 0.29) is 6.04 Å². The van der Waals surface area contributed by atoms with E-state index in [1.807, 2.05) is 19.1 Å². The Morgan fingerprint density at radius 1 is 1.37 bits per heavy atom. The minimum Gasteiger partial charge on any atom is -0.370 e. The molecule has 0 aliphatic rings. The lowest BCUT2D eigenvalue weighted by molar-refractivity contribution is 0.734. The van der Waals surface area contributed by atoms with Gasteiger partial charge in [-0.2, -0.15) is 11.3 Å². The van der Waals surface area contributed by atoms with Crippen molar-refractivity contribution in [3.05, 3.63) is 51.2 Å². The summed E-state index contributed by atoms with van der Waals surface area (Å²) in [5.74, 6) is 0. The van der Waals surface area contributed by atoms with Gasteiger partial charge in [0.25, 0.3) is 0 Å². The zero-order valence-electron chi connectivity index (χ0n) is 11.3. The molecule has 0 fully saturated rings. The summed E-state index contributed by atoms with van der Waals surface area (Å²) in [6.45, 7) is 2.91. The molecule has 19 heavy (non-hydrogen) atoms. The average Bonchev–Trinajstić information content (AvgIpc) is 2.83. The zero-order chi connectivity index (χ0) is 13.8. The van der Waals surface area contributed by atoms with Crippen molar-refractivity contribution in [3.8, 4) is 0 Å². The Hall–Kier alpha value is -1.03. The van der Waals surface area contributed by atoms with Crippen molar-refractivity contribution in [1.29, 1.82) is 0 Å². The van der Waals surface area contributed by atoms with E-state index in [9.17, 15) is 0 Å². The van der Waals surface area contributed by atoms with Gasteiger partial charge in [-0.1, -0.05) is 17.7 Å². The van der Waals surface area contributed by atoms with Crippen LogP contribution in [0.1, 0.15) is 18.1 Å². The van der Waals surface area contributed by atoms with Gasteiger partial charge in [0.15, 0.2) is 0 Å². The minimum absolute atomic E-state index is 0.148. The topological polar surface area (TPSA) is 29.3 Å². The Labute approximate surface area is 123 Å². The average molecular weight is 295 g/mol. The first-order chi connectivity index (χ1) is 9.06. The van der Waals surface area contributed by atoms with Gasteiger partial charge in [0.1, 0.15) is 0 Å². The molecule has 0 radical (unpaired) electrons. The lowest BCUT2D eigenvalue weighted by Crippen LogP contribution is -2.22. The summed E-state index contributed by atoms with van der Waals surface area (Å²) >= 11 is 7.85. The summed E-state index contributed by atoms with van der Waals surface area (Å²) in [7, 11) is 2.09. The summed E-state index contributed by atoms with van der Waals surface area (Å²) in [5, 5.41) is 5.04. The number of hydrogen-bond donors (Lipinski definition) is 1. The highest BCUT2D eigenvalue weighted by atomic mass is 35.5. The maximum Gasteiger partial charge on any atom is 0.0434 e. The number of nitrogens with zero attached hydrogens (tertiary/aromatic N) is 1. The van der Waals surface area contributed by atoms with Gasteiger partial charge in [-0.3, -0.25) is 0 Å². The molecule has 1 aromatic carbocycles. The van der Waals surface area contributed by atoms with E-state index < -0.39 is 0 Å². The summed E-state index contributed by atoms with van der Waals surface area (Å²) in [6.07, 6.45) is 0.862. The van der Waals surface area contributed by atoms with Crippen molar-refractivity contribution >= 4 is 28.6 Å². The number of thiophene rings is 1. The van der Waals surface area contributed by atoms with Gasteiger partial charge in [-0.05, 0) is 53.4 Å². The molecule has 102 valence electrons. The summed E-state index contributed by atoms with van der Waals surface area (Å²) in [5.41, 5.74) is 9.65.